The fourth-order valence-corrected chi connectivity index (χ4v) is 1.24. The molecular formula is C8H12O5. The van der Waals surface area contributed by atoms with Crippen molar-refractivity contribution in [3.05, 3.63) is 0 Å². The minimum atomic E-state index is -1.08. The first-order valence-electron chi connectivity index (χ1n) is 4.10. The van der Waals surface area contributed by atoms with E-state index in [1.54, 1.807) is 0 Å². The molecule has 0 aromatic carbocycles. The van der Waals surface area contributed by atoms with Crippen molar-refractivity contribution >= 4 is 11.9 Å². The zero-order valence-electron chi connectivity index (χ0n) is 7.27. The maximum atomic E-state index is 10.6. The molecule has 0 bridgehead atoms. The third-order valence-corrected chi connectivity index (χ3v) is 2.12. The molecule has 74 valence electrons. The summed E-state index contributed by atoms with van der Waals surface area (Å²) in [7, 11) is 0. The predicted molar refractivity (Wildman–Crippen MR) is 42.3 cm³/mol. The molecule has 3 atom stereocenters. The van der Waals surface area contributed by atoms with E-state index in [0.717, 1.165) is 0 Å². The molecule has 0 aromatic heterocycles. The SMILES string of the molecule is CC1OC1CC(CC(=O)O)C(=O)O. The summed E-state index contributed by atoms with van der Waals surface area (Å²) in [5.74, 6) is -2.97. The van der Waals surface area contributed by atoms with Gasteiger partial charge in [-0.15, -0.1) is 0 Å². The molecule has 0 spiro atoms. The zero-order chi connectivity index (χ0) is 10.0. The highest BCUT2D eigenvalue weighted by molar-refractivity contribution is 5.77. The van der Waals surface area contributed by atoms with E-state index in [-0.39, 0.29) is 18.6 Å². The van der Waals surface area contributed by atoms with Gasteiger partial charge in [-0.05, 0) is 13.3 Å². The fourth-order valence-electron chi connectivity index (χ4n) is 1.24. The van der Waals surface area contributed by atoms with Gasteiger partial charge >= 0.3 is 11.9 Å². The summed E-state index contributed by atoms with van der Waals surface area (Å²) in [6, 6.07) is 0. The molecule has 0 aliphatic carbocycles. The van der Waals surface area contributed by atoms with Crippen LogP contribution in [0, 0.1) is 5.92 Å². The predicted octanol–water partition coefficient (Wildman–Crippen LogP) is 0.339. The van der Waals surface area contributed by atoms with Gasteiger partial charge in [-0.25, -0.2) is 0 Å². The van der Waals surface area contributed by atoms with Gasteiger partial charge < -0.3 is 14.9 Å². The number of carbonyl (C=O) groups is 2. The average Bonchev–Trinajstić information content (AvgIpc) is 2.64. The van der Waals surface area contributed by atoms with Crippen molar-refractivity contribution in [2.75, 3.05) is 0 Å². The monoisotopic (exact) mass is 188 g/mol. The molecule has 13 heavy (non-hydrogen) atoms. The molecule has 5 heteroatoms. The van der Waals surface area contributed by atoms with E-state index in [4.69, 9.17) is 14.9 Å². The summed E-state index contributed by atoms with van der Waals surface area (Å²) < 4.78 is 5.02. The minimum Gasteiger partial charge on any atom is -0.481 e. The first-order valence-corrected chi connectivity index (χ1v) is 4.10. The lowest BCUT2D eigenvalue weighted by molar-refractivity contribution is -0.148. The molecule has 5 nitrogen and oxygen atoms in total. The van der Waals surface area contributed by atoms with E-state index in [0.29, 0.717) is 6.42 Å². The lowest BCUT2D eigenvalue weighted by Crippen LogP contribution is -2.20. The summed E-state index contributed by atoms with van der Waals surface area (Å²) in [4.78, 5) is 20.9. The van der Waals surface area contributed by atoms with Crippen LogP contribution in [0.3, 0.4) is 0 Å². The van der Waals surface area contributed by atoms with Gasteiger partial charge in [0, 0.05) is 0 Å². The lowest BCUT2D eigenvalue weighted by atomic mass is 9.99. The van der Waals surface area contributed by atoms with Crippen LogP contribution in [0.15, 0.2) is 0 Å². The van der Waals surface area contributed by atoms with Crippen molar-refractivity contribution < 1.29 is 24.5 Å². The largest absolute Gasteiger partial charge is 0.481 e. The second-order valence-electron chi connectivity index (χ2n) is 3.25. The maximum Gasteiger partial charge on any atom is 0.307 e. The quantitative estimate of drug-likeness (QED) is 0.607. The Morgan fingerprint density at radius 1 is 1.46 bits per heavy atom. The highest BCUT2D eigenvalue weighted by Gasteiger charge is 2.38. The fraction of sp³-hybridized carbons (Fsp3) is 0.750. The Balaban J connectivity index is 2.38. The standard InChI is InChI=1S/C8H12O5/c1-4-6(13-4)2-5(8(11)12)3-7(9)10/h4-6H,2-3H2,1H3,(H,9,10)(H,11,12). The van der Waals surface area contributed by atoms with Gasteiger partial charge in [-0.1, -0.05) is 0 Å². The second-order valence-corrected chi connectivity index (χ2v) is 3.25. The van der Waals surface area contributed by atoms with Crippen LogP contribution in [-0.2, 0) is 14.3 Å². The van der Waals surface area contributed by atoms with Crippen LogP contribution in [0.4, 0.5) is 0 Å². The van der Waals surface area contributed by atoms with Gasteiger partial charge in [-0.2, -0.15) is 0 Å². The van der Waals surface area contributed by atoms with Crippen molar-refractivity contribution in [2.24, 2.45) is 5.92 Å². The highest BCUT2D eigenvalue weighted by atomic mass is 16.6. The number of hydrogen-bond acceptors (Lipinski definition) is 3. The van der Waals surface area contributed by atoms with Gasteiger partial charge in [0.05, 0.1) is 24.5 Å². The molecule has 0 radical (unpaired) electrons. The molecule has 0 aromatic rings. The Labute approximate surface area is 75.3 Å². The normalized spacial score (nSPS) is 28.1. The number of aliphatic carboxylic acids is 2. The van der Waals surface area contributed by atoms with Gasteiger partial charge in [0.2, 0.25) is 0 Å². The Morgan fingerprint density at radius 3 is 2.31 bits per heavy atom. The van der Waals surface area contributed by atoms with E-state index >= 15 is 0 Å². The van der Waals surface area contributed by atoms with Crippen molar-refractivity contribution in [2.45, 2.75) is 32.0 Å². The van der Waals surface area contributed by atoms with E-state index in [9.17, 15) is 9.59 Å². The molecule has 0 saturated carbocycles. The molecule has 1 aliphatic heterocycles. The first kappa shape index (κ1) is 9.98. The highest BCUT2D eigenvalue weighted by Crippen LogP contribution is 2.29. The number of carboxylic acid groups (broad SMARTS) is 2. The third-order valence-electron chi connectivity index (χ3n) is 2.12. The van der Waals surface area contributed by atoms with Crippen LogP contribution < -0.4 is 0 Å². The smallest absolute Gasteiger partial charge is 0.307 e. The summed E-state index contributed by atoms with van der Waals surface area (Å²) in [5.41, 5.74) is 0. The summed E-state index contributed by atoms with van der Waals surface area (Å²) >= 11 is 0. The van der Waals surface area contributed by atoms with E-state index in [2.05, 4.69) is 0 Å². The molecular weight excluding hydrogens is 176 g/mol. The molecule has 0 amide bonds. The Morgan fingerprint density at radius 2 is 2.00 bits per heavy atom. The molecule has 1 saturated heterocycles. The topological polar surface area (TPSA) is 87.1 Å². The van der Waals surface area contributed by atoms with Crippen LogP contribution in [-0.4, -0.2) is 34.4 Å². The summed E-state index contributed by atoms with van der Waals surface area (Å²) in [6.45, 7) is 1.84. The number of hydrogen-bond donors (Lipinski definition) is 2. The number of epoxide rings is 1. The zero-order valence-corrected chi connectivity index (χ0v) is 7.27. The minimum absolute atomic E-state index is 0.0690. The average molecular weight is 188 g/mol. The molecule has 1 aliphatic rings. The van der Waals surface area contributed by atoms with Gasteiger partial charge in [0.25, 0.3) is 0 Å². The molecule has 3 unspecified atom stereocenters. The van der Waals surface area contributed by atoms with E-state index in [1.165, 1.54) is 0 Å². The molecule has 2 N–H and O–H groups in total. The van der Waals surface area contributed by atoms with Crippen LogP contribution in [0.1, 0.15) is 19.8 Å². The van der Waals surface area contributed by atoms with Crippen molar-refractivity contribution in [1.29, 1.82) is 0 Å². The van der Waals surface area contributed by atoms with Crippen molar-refractivity contribution in [3.8, 4) is 0 Å². The van der Waals surface area contributed by atoms with Crippen molar-refractivity contribution in [1.82, 2.24) is 0 Å². The number of ether oxygens (including phenoxy) is 1. The van der Waals surface area contributed by atoms with E-state index in [1.807, 2.05) is 6.92 Å². The van der Waals surface area contributed by atoms with Crippen LogP contribution >= 0.6 is 0 Å². The van der Waals surface area contributed by atoms with Crippen LogP contribution in [0.25, 0.3) is 0 Å². The lowest BCUT2D eigenvalue weighted by Gasteiger charge is -2.06. The Kier molecular flexibility index (Phi) is 2.87. The summed E-state index contributed by atoms with van der Waals surface area (Å²) in [6.07, 6.45) is -0.0267. The number of rotatable bonds is 5. The Hall–Kier alpha value is -1.10. The number of carboxylic acids is 2. The first-order chi connectivity index (χ1) is 6.00. The van der Waals surface area contributed by atoms with Crippen molar-refractivity contribution in [3.63, 3.8) is 0 Å². The van der Waals surface area contributed by atoms with Gasteiger partial charge in [0.1, 0.15) is 0 Å². The van der Waals surface area contributed by atoms with Gasteiger partial charge in [-0.3, -0.25) is 9.59 Å². The summed E-state index contributed by atoms with van der Waals surface area (Å²) in [5, 5.41) is 17.1. The van der Waals surface area contributed by atoms with E-state index < -0.39 is 17.9 Å². The Bertz CT molecular complexity index is 225. The van der Waals surface area contributed by atoms with Gasteiger partial charge in [0.15, 0.2) is 0 Å². The third kappa shape index (κ3) is 3.02. The second kappa shape index (κ2) is 3.74. The van der Waals surface area contributed by atoms with Crippen LogP contribution in [0.2, 0.25) is 0 Å². The van der Waals surface area contributed by atoms with Crippen LogP contribution in [0.5, 0.6) is 0 Å². The molecule has 1 heterocycles. The molecule has 1 fully saturated rings. The molecule has 1 rings (SSSR count). The maximum absolute atomic E-state index is 10.6.